The zero-order chi connectivity index (χ0) is 22.3. The smallest absolute Gasteiger partial charge is 0.479 e. The Morgan fingerprint density at radius 1 is 1.17 bits per heavy atom. The number of hydrogen-bond acceptors (Lipinski definition) is 5. The number of aliphatic hydroxyl groups excluding tert-OH is 1. The molecule has 2 unspecified atom stereocenters. The van der Waals surface area contributed by atoms with Crippen molar-refractivity contribution < 1.29 is 32.5 Å². The highest BCUT2D eigenvalue weighted by atomic mass is 19.4. The molecular formula is C21H21F3N2O4. The van der Waals surface area contributed by atoms with E-state index in [-0.39, 0.29) is 23.8 Å². The van der Waals surface area contributed by atoms with Gasteiger partial charge in [0.1, 0.15) is 17.6 Å². The second-order valence-corrected chi connectivity index (χ2v) is 6.77. The van der Waals surface area contributed by atoms with E-state index in [4.69, 9.17) is 10.00 Å². The lowest BCUT2D eigenvalue weighted by molar-refractivity contribution is -0.274. The fourth-order valence-electron chi connectivity index (χ4n) is 2.60. The van der Waals surface area contributed by atoms with Crippen molar-refractivity contribution in [1.82, 2.24) is 5.32 Å². The third-order valence-electron chi connectivity index (χ3n) is 4.09. The highest BCUT2D eigenvalue weighted by Crippen LogP contribution is 2.24. The number of nitrogens with zero attached hydrogens (tertiary/aromatic N) is 1. The summed E-state index contributed by atoms with van der Waals surface area (Å²) >= 11 is 0. The van der Waals surface area contributed by atoms with Crippen molar-refractivity contribution in [2.75, 3.05) is 6.54 Å². The van der Waals surface area contributed by atoms with E-state index < -0.39 is 30.2 Å². The molecule has 0 saturated carbocycles. The van der Waals surface area contributed by atoms with Gasteiger partial charge in [-0.15, -0.1) is 13.2 Å². The number of alkyl halides is 3. The topological polar surface area (TPSA) is 91.6 Å². The Morgan fingerprint density at radius 2 is 1.80 bits per heavy atom. The minimum Gasteiger partial charge on any atom is -0.479 e. The summed E-state index contributed by atoms with van der Waals surface area (Å²) in [5.41, 5.74) is 0.596. The second kappa shape index (κ2) is 9.98. The molecule has 2 atom stereocenters. The number of rotatable bonds is 8. The van der Waals surface area contributed by atoms with Crippen LogP contribution in [0, 0.1) is 17.2 Å². The molecule has 0 aliphatic rings. The number of aliphatic hydroxyl groups is 1. The Kier molecular flexibility index (Phi) is 7.66. The van der Waals surface area contributed by atoms with Gasteiger partial charge in [-0.25, -0.2) is 0 Å². The van der Waals surface area contributed by atoms with Crippen LogP contribution < -0.4 is 14.8 Å². The van der Waals surface area contributed by atoms with Gasteiger partial charge >= 0.3 is 6.36 Å². The predicted molar refractivity (Wildman–Crippen MR) is 102 cm³/mol. The molecule has 0 aromatic heterocycles. The Labute approximate surface area is 171 Å². The molecule has 2 aromatic carbocycles. The molecule has 30 heavy (non-hydrogen) atoms. The number of para-hydroxylation sites is 1. The maximum atomic E-state index is 12.6. The summed E-state index contributed by atoms with van der Waals surface area (Å²) in [7, 11) is 0. The number of nitrogens with one attached hydrogen (secondary N) is 1. The quantitative estimate of drug-likeness (QED) is 0.677. The van der Waals surface area contributed by atoms with Crippen molar-refractivity contribution in [3.05, 3.63) is 59.7 Å². The van der Waals surface area contributed by atoms with Crippen LogP contribution in [0.4, 0.5) is 13.2 Å². The van der Waals surface area contributed by atoms with Gasteiger partial charge in [0, 0.05) is 6.54 Å². The van der Waals surface area contributed by atoms with Crippen molar-refractivity contribution in [1.29, 1.82) is 5.26 Å². The lowest BCUT2D eigenvalue weighted by Crippen LogP contribution is -2.43. The number of halogens is 3. The number of ether oxygens (including phenoxy) is 2. The van der Waals surface area contributed by atoms with Gasteiger partial charge in [0.25, 0.3) is 5.91 Å². The summed E-state index contributed by atoms with van der Waals surface area (Å²) in [5.74, 6) is -0.858. The summed E-state index contributed by atoms with van der Waals surface area (Å²) < 4.78 is 46.1. The van der Waals surface area contributed by atoms with Crippen LogP contribution in [0.5, 0.6) is 11.5 Å². The van der Waals surface area contributed by atoms with Gasteiger partial charge in [0.2, 0.25) is 0 Å². The SMILES string of the molecule is CC(C)C(Oc1ccccc1C#N)C(=O)NCC(O)c1ccc(OC(F)(F)F)cc1. The van der Waals surface area contributed by atoms with Crippen molar-refractivity contribution in [2.24, 2.45) is 5.92 Å². The van der Waals surface area contributed by atoms with Crippen molar-refractivity contribution >= 4 is 5.91 Å². The molecule has 0 fully saturated rings. The van der Waals surface area contributed by atoms with Crippen molar-refractivity contribution in [3.63, 3.8) is 0 Å². The van der Waals surface area contributed by atoms with E-state index in [1.165, 1.54) is 12.1 Å². The number of benzene rings is 2. The first-order valence-corrected chi connectivity index (χ1v) is 9.08. The molecule has 0 aliphatic carbocycles. The molecule has 160 valence electrons. The summed E-state index contributed by atoms with van der Waals surface area (Å²) in [4.78, 5) is 12.6. The molecule has 0 heterocycles. The zero-order valence-electron chi connectivity index (χ0n) is 16.3. The van der Waals surface area contributed by atoms with Crippen LogP contribution in [0.2, 0.25) is 0 Å². The van der Waals surface area contributed by atoms with Crippen molar-refractivity contribution in [2.45, 2.75) is 32.4 Å². The number of carbonyl (C=O) groups excluding carboxylic acids is 1. The third-order valence-corrected chi connectivity index (χ3v) is 4.09. The van der Waals surface area contributed by atoms with E-state index in [1.54, 1.807) is 38.1 Å². The minimum absolute atomic E-state index is 0.176. The maximum absolute atomic E-state index is 12.6. The van der Waals surface area contributed by atoms with Gasteiger partial charge in [-0.2, -0.15) is 5.26 Å². The molecule has 1 amide bonds. The van der Waals surface area contributed by atoms with E-state index in [9.17, 15) is 23.1 Å². The van der Waals surface area contributed by atoms with Crippen LogP contribution in [0.1, 0.15) is 31.1 Å². The van der Waals surface area contributed by atoms with E-state index in [0.717, 1.165) is 12.1 Å². The van der Waals surface area contributed by atoms with Crippen molar-refractivity contribution in [3.8, 4) is 17.6 Å². The molecule has 0 aliphatic heterocycles. The largest absolute Gasteiger partial charge is 0.573 e. The van der Waals surface area contributed by atoms with E-state index in [0.29, 0.717) is 5.56 Å². The number of nitriles is 1. The minimum atomic E-state index is -4.80. The summed E-state index contributed by atoms with van der Waals surface area (Å²) in [6.07, 6.45) is -6.85. The van der Waals surface area contributed by atoms with E-state index in [1.807, 2.05) is 6.07 Å². The summed E-state index contributed by atoms with van der Waals surface area (Å²) in [5, 5.41) is 21.9. The van der Waals surface area contributed by atoms with Gasteiger partial charge in [-0.05, 0) is 35.7 Å². The first kappa shape index (κ1) is 23.0. The van der Waals surface area contributed by atoms with Gasteiger partial charge in [0.15, 0.2) is 6.10 Å². The normalized spacial score (nSPS) is 13.3. The van der Waals surface area contributed by atoms with Crippen LogP contribution in [0.15, 0.2) is 48.5 Å². The molecule has 0 bridgehead atoms. The molecule has 2 aromatic rings. The monoisotopic (exact) mass is 422 g/mol. The van der Waals surface area contributed by atoms with Crippen LogP contribution in [-0.2, 0) is 4.79 Å². The Balaban J connectivity index is 1.99. The Hall–Kier alpha value is -3.25. The first-order chi connectivity index (χ1) is 14.1. The molecule has 0 saturated heterocycles. The molecule has 0 radical (unpaired) electrons. The average molecular weight is 422 g/mol. The maximum Gasteiger partial charge on any atom is 0.573 e. The van der Waals surface area contributed by atoms with Gasteiger partial charge in [-0.3, -0.25) is 4.79 Å². The summed E-state index contributed by atoms with van der Waals surface area (Å²) in [6, 6.07) is 13.2. The highest BCUT2D eigenvalue weighted by molar-refractivity contribution is 5.81. The van der Waals surface area contributed by atoms with Crippen LogP contribution >= 0.6 is 0 Å². The fraction of sp³-hybridized carbons (Fsp3) is 0.333. The fourth-order valence-corrected chi connectivity index (χ4v) is 2.60. The highest BCUT2D eigenvalue weighted by Gasteiger charge is 2.31. The third kappa shape index (κ3) is 6.67. The van der Waals surface area contributed by atoms with Gasteiger partial charge < -0.3 is 19.9 Å². The molecular weight excluding hydrogens is 401 g/mol. The van der Waals surface area contributed by atoms with Gasteiger partial charge in [-0.1, -0.05) is 38.1 Å². The van der Waals surface area contributed by atoms with E-state index >= 15 is 0 Å². The van der Waals surface area contributed by atoms with E-state index in [2.05, 4.69) is 10.1 Å². The zero-order valence-corrected chi connectivity index (χ0v) is 16.3. The van der Waals surface area contributed by atoms with Crippen LogP contribution in [0.25, 0.3) is 0 Å². The number of carbonyl (C=O) groups is 1. The first-order valence-electron chi connectivity index (χ1n) is 9.08. The molecule has 9 heteroatoms. The van der Waals surface area contributed by atoms with Crippen LogP contribution in [-0.4, -0.2) is 30.0 Å². The average Bonchev–Trinajstić information content (AvgIpc) is 2.69. The standard InChI is InChI=1S/C21H21F3N2O4/c1-13(2)19(29-18-6-4-3-5-15(18)11-25)20(28)26-12-17(27)14-7-9-16(10-8-14)30-21(22,23)24/h3-10,13,17,19,27H,12H2,1-2H3,(H,26,28). The number of hydrogen-bond donors (Lipinski definition) is 2. The second-order valence-electron chi connectivity index (χ2n) is 6.77. The molecule has 6 nitrogen and oxygen atoms in total. The lowest BCUT2D eigenvalue weighted by atomic mass is 10.1. The van der Waals surface area contributed by atoms with Gasteiger partial charge in [0.05, 0.1) is 11.7 Å². The molecule has 2 rings (SSSR count). The summed E-state index contributed by atoms with van der Waals surface area (Å²) in [6.45, 7) is 3.37. The lowest BCUT2D eigenvalue weighted by Gasteiger charge is -2.23. The predicted octanol–water partition coefficient (Wildman–Crippen LogP) is 3.71. The molecule has 0 spiro atoms. The number of amides is 1. The Morgan fingerprint density at radius 3 is 2.37 bits per heavy atom. The Bertz CT molecular complexity index is 892. The molecule has 2 N–H and O–H groups in total. The van der Waals surface area contributed by atoms with Crippen LogP contribution in [0.3, 0.4) is 0 Å².